The van der Waals surface area contributed by atoms with Crippen LogP contribution < -0.4 is 20.1 Å². The molecule has 3 aromatic carbocycles. The third-order valence-corrected chi connectivity index (χ3v) is 5.62. The number of methoxy groups -OCH3 is 1. The van der Waals surface area contributed by atoms with E-state index in [-0.39, 0.29) is 30.0 Å². The normalized spacial score (nSPS) is 15.6. The van der Waals surface area contributed by atoms with Gasteiger partial charge in [0.1, 0.15) is 17.3 Å². The van der Waals surface area contributed by atoms with Gasteiger partial charge in [0.05, 0.1) is 19.2 Å². The summed E-state index contributed by atoms with van der Waals surface area (Å²) in [6, 6.07) is 21.2. The Hall–Kier alpha value is -3.87. The van der Waals surface area contributed by atoms with Gasteiger partial charge in [0, 0.05) is 12.5 Å². The van der Waals surface area contributed by atoms with Crippen LogP contribution in [0, 0.1) is 5.82 Å². The smallest absolute Gasteiger partial charge is 0.266 e. The lowest BCUT2D eigenvalue weighted by Gasteiger charge is -2.25. The highest BCUT2D eigenvalue weighted by molar-refractivity contribution is 5.99. The van der Waals surface area contributed by atoms with Crippen molar-refractivity contribution in [2.75, 3.05) is 19.0 Å². The number of nitrogens with one attached hydrogen (secondary N) is 2. The Bertz CT molecular complexity index is 1120. The van der Waals surface area contributed by atoms with Crippen LogP contribution in [0.4, 0.5) is 10.1 Å². The van der Waals surface area contributed by atoms with E-state index in [2.05, 4.69) is 10.6 Å². The molecule has 170 valence electrons. The molecule has 2 atom stereocenters. The van der Waals surface area contributed by atoms with Crippen molar-refractivity contribution in [3.8, 4) is 11.5 Å². The van der Waals surface area contributed by atoms with E-state index in [9.17, 15) is 14.0 Å². The zero-order valence-corrected chi connectivity index (χ0v) is 18.2. The molecule has 0 bridgehead atoms. The first-order valence-electron chi connectivity index (χ1n) is 10.8. The molecular weight excluding hydrogens is 423 g/mol. The first kappa shape index (κ1) is 22.3. The average Bonchev–Trinajstić information content (AvgIpc) is 2.83. The molecule has 4 rings (SSSR count). The Morgan fingerprint density at radius 3 is 2.42 bits per heavy atom. The first-order chi connectivity index (χ1) is 16.0. The number of ether oxygens (including phenoxy) is 2. The quantitative estimate of drug-likeness (QED) is 0.540. The van der Waals surface area contributed by atoms with Crippen LogP contribution in [0.15, 0.2) is 72.8 Å². The SMILES string of the molecule is COc1ccc(C(CCNC(=O)CC2Oc3ccccc3NC2=O)c2ccc(F)cc2)cc1. The predicted octanol–water partition coefficient (Wildman–Crippen LogP) is 4.26. The third kappa shape index (κ3) is 5.49. The van der Waals surface area contributed by atoms with Gasteiger partial charge in [0.15, 0.2) is 6.10 Å². The van der Waals surface area contributed by atoms with Crippen LogP contribution in [0.1, 0.15) is 29.9 Å². The number of carbonyl (C=O) groups excluding carboxylic acids is 2. The van der Waals surface area contributed by atoms with Crippen LogP contribution in [-0.4, -0.2) is 31.6 Å². The van der Waals surface area contributed by atoms with Gasteiger partial charge in [-0.05, 0) is 53.9 Å². The molecule has 7 heteroatoms. The van der Waals surface area contributed by atoms with Crippen LogP contribution >= 0.6 is 0 Å². The van der Waals surface area contributed by atoms with E-state index < -0.39 is 6.10 Å². The van der Waals surface area contributed by atoms with Crippen LogP contribution in [0.5, 0.6) is 11.5 Å². The van der Waals surface area contributed by atoms with E-state index in [0.717, 1.165) is 16.9 Å². The topological polar surface area (TPSA) is 76.7 Å². The molecule has 3 aromatic rings. The molecule has 1 heterocycles. The van der Waals surface area contributed by atoms with Crippen molar-refractivity contribution in [3.05, 3.63) is 89.7 Å². The maximum absolute atomic E-state index is 13.4. The van der Waals surface area contributed by atoms with Crippen molar-refractivity contribution in [2.24, 2.45) is 0 Å². The summed E-state index contributed by atoms with van der Waals surface area (Å²) in [5.41, 5.74) is 2.58. The van der Waals surface area contributed by atoms with E-state index in [4.69, 9.17) is 9.47 Å². The number of amides is 2. The fourth-order valence-corrected chi connectivity index (χ4v) is 3.88. The van der Waals surface area contributed by atoms with Crippen molar-refractivity contribution in [2.45, 2.75) is 24.9 Å². The van der Waals surface area contributed by atoms with Crippen LogP contribution in [-0.2, 0) is 9.59 Å². The summed E-state index contributed by atoms with van der Waals surface area (Å²) in [5, 5.41) is 5.64. The second kappa shape index (κ2) is 10.2. The number of carbonyl (C=O) groups is 2. The molecular formula is C26H25FN2O4. The molecule has 0 aromatic heterocycles. The van der Waals surface area contributed by atoms with Crippen LogP contribution in [0.3, 0.4) is 0 Å². The number of halogens is 1. The Labute approximate surface area is 191 Å². The molecule has 6 nitrogen and oxygen atoms in total. The maximum Gasteiger partial charge on any atom is 0.266 e. The number of benzene rings is 3. The van der Waals surface area contributed by atoms with Crippen molar-refractivity contribution >= 4 is 17.5 Å². The maximum atomic E-state index is 13.4. The number of fused-ring (bicyclic) bond motifs is 1. The first-order valence-corrected chi connectivity index (χ1v) is 10.8. The second-order valence-electron chi connectivity index (χ2n) is 7.81. The molecule has 0 fully saturated rings. The number of rotatable bonds is 8. The van der Waals surface area contributed by atoms with Gasteiger partial charge in [-0.1, -0.05) is 36.4 Å². The molecule has 0 saturated heterocycles. The van der Waals surface area contributed by atoms with Gasteiger partial charge in [-0.3, -0.25) is 9.59 Å². The molecule has 0 radical (unpaired) electrons. The summed E-state index contributed by atoms with van der Waals surface area (Å²) in [6.45, 7) is 0.387. The molecule has 2 unspecified atom stereocenters. The molecule has 0 spiro atoms. The Morgan fingerprint density at radius 2 is 1.73 bits per heavy atom. The van der Waals surface area contributed by atoms with Gasteiger partial charge < -0.3 is 20.1 Å². The lowest BCUT2D eigenvalue weighted by Crippen LogP contribution is -2.41. The number of hydrogen-bond donors (Lipinski definition) is 2. The number of para-hydroxylation sites is 2. The van der Waals surface area contributed by atoms with E-state index in [1.807, 2.05) is 30.3 Å². The Balaban J connectivity index is 1.38. The molecule has 0 aliphatic carbocycles. The third-order valence-electron chi connectivity index (χ3n) is 5.62. The molecule has 1 aliphatic heterocycles. The molecule has 2 amide bonds. The summed E-state index contributed by atoms with van der Waals surface area (Å²) >= 11 is 0. The monoisotopic (exact) mass is 448 g/mol. The number of anilines is 1. The minimum absolute atomic E-state index is 0.0436. The summed E-state index contributed by atoms with van der Waals surface area (Å²) < 4.78 is 24.4. The van der Waals surface area contributed by atoms with Crippen molar-refractivity contribution in [1.82, 2.24) is 5.32 Å². The minimum atomic E-state index is -0.880. The van der Waals surface area contributed by atoms with Gasteiger partial charge >= 0.3 is 0 Å². The lowest BCUT2D eigenvalue weighted by molar-refractivity contribution is -0.130. The van der Waals surface area contributed by atoms with Gasteiger partial charge in [-0.15, -0.1) is 0 Å². The van der Waals surface area contributed by atoms with Crippen molar-refractivity contribution in [3.63, 3.8) is 0 Å². The van der Waals surface area contributed by atoms with E-state index in [1.165, 1.54) is 12.1 Å². The molecule has 0 saturated carbocycles. The zero-order chi connectivity index (χ0) is 23.2. The van der Waals surface area contributed by atoms with Gasteiger partial charge in [0.2, 0.25) is 5.91 Å². The van der Waals surface area contributed by atoms with Gasteiger partial charge in [0.25, 0.3) is 5.91 Å². The highest BCUT2D eigenvalue weighted by Gasteiger charge is 2.29. The van der Waals surface area contributed by atoms with E-state index in [0.29, 0.717) is 24.4 Å². The summed E-state index contributed by atoms with van der Waals surface area (Å²) in [4.78, 5) is 24.8. The summed E-state index contributed by atoms with van der Waals surface area (Å²) in [5.74, 6) is 0.335. The zero-order valence-electron chi connectivity index (χ0n) is 18.2. The lowest BCUT2D eigenvalue weighted by atomic mass is 9.88. The second-order valence-corrected chi connectivity index (χ2v) is 7.81. The van der Waals surface area contributed by atoms with E-state index >= 15 is 0 Å². The Morgan fingerprint density at radius 1 is 1.06 bits per heavy atom. The van der Waals surface area contributed by atoms with Crippen LogP contribution in [0.25, 0.3) is 0 Å². The van der Waals surface area contributed by atoms with Crippen molar-refractivity contribution in [1.29, 1.82) is 0 Å². The average molecular weight is 448 g/mol. The van der Waals surface area contributed by atoms with Crippen LogP contribution in [0.2, 0.25) is 0 Å². The van der Waals surface area contributed by atoms with Gasteiger partial charge in [-0.25, -0.2) is 4.39 Å². The predicted molar refractivity (Wildman–Crippen MR) is 123 cm³/mol. The summed E-state index contributed by atoms with van der Waals surface area (Å²) in [6.07, 6.45) is -0.358. The highest BCUT2D eigenvalue weighted by Crippen LogP contribution is 2.30. The highest BCUT2D eigenvalue weighted by atomic mass is 19.1. The fourth-order valence-electron chi connectivity index (χ4n) is 3.88. The van der Waals surface area contributed by atoms with E-state index in [1.54, 1.807) is 37.4 Å². The standard InChI is InChI=1S/C26H25FN2O4/c1-32-20-12-8-18(9-13-20)21(17-6-10-19(27)11-7-17)14-15-28-25(30)16-24-26(31)29-22-4-2-3-5-23(22)33-24/h2-13,21,24H,14-16H2,1H3,(H,28,30)(H,29,31). The molecule has 33 heavy (non-hydrogen) atoms. The molecule has 2 N–H and O–H groups in total. The summed E-state index contributed by atoms with van der Waals surface area (Å²) in [7, 11) is 1.61. The fraction of sp³-hybridized carbons (Fsp3) is 0.231. The minimum Gasteiger partial charge on any atom is -0.497 e. The van der Waals surface area contributed by atoms with Crippen molar-refractivity contribution < 1.29 is 23.5 Å². The molecule has 1 aliphatic rings. The van der Waals surface area contributed by atoms with Gasteiger partial charge in [-0.2, -0.15) is 0 Å². The largest absolute Gasteiger partial charge is 0.497 e. The Kier molecular flexibility index (Phi) is 6.88. The number of hydrogen-bond acceptors (Lipinski definition) is 4.